The number of amides is 3. The van der Waals surface area contributed by atoms with Crippen molar-refractivity contribution >= 4 is 75.4 Å². The van der Waals surface area contributed by atoms with Gasteiger partial charge in [0.15, 0.2) is 6.61 Å². The SMILES string of the molecule is O=C(COc1ccccc1[C@@H]1c2sc(=O)[nH]c2S[C@H]2C(=O)N(c3ccccc3C(F)(F)F)C(=O)[C@@H]12)Nc1ccc(Cl)c(Cl)c1. The van der Waals surface area contributed by atoms with Crippen LogP contribution in [0.5, 0.6) is 5.75 Å². The van der Waals surface area contributed by atoms with E-state index >= 15 is 0 Å². The van der Waals surface area contributed by atoms with E-state index in [0.29, 0.717) is 31.1 Å². The maximum atomic E-state index is 14.0. The molecule has 0 radical (unpaired) electrons. The van der Waals surface area contributed by atoms with Crippen molar-refractivity contribution in [2.24, 2.45) is 5.92 Å². The molecule has 0 bridgehead atoms. The van der Waals surface area contributed by atoms with Crippen molar-refractivity contribution in [1.29, 1.82) is 0 Å². The minimum Gasteiger partial charge on any atom is -0.483 e. The van der Waals surface area contributed by atoms with E-state index in [1.807, 2.05) is 0 Å². The van der Waals surface area contributed by atoms with E-state index in [4.69, 9.17) is 27.9 Å². The quantitative estimate of drug-likeness (QED) is 0.223. The average Bonchev–Trinajstić information content (AvgIpc) is 3.47. The standard InChI is InChI=1S/C29H18Cl2F3N3O5S2/c30-16-10-9-13(11-17(16)31)35-20(38)12-42-19-8-4-1-5-14(19)21-22-24(43-25-23(21)44-28(41)36-25)27(40)37(26(22)39)18-7-3-2-6-15(18)29(32,33)34/h1-11,21-22,24H,12H2,(H,35,38)(H,36,41)/t21-,22-,24+/m0/s1. The van der Waals surface area contributed by atoms with Crippen molar-refractivity contribution in [3.05, 3.63) is 102 Å². The number of ether oxygens (including phenoxy) is 1. The predicted molar refractivity (Wildman–Crippen MR) is 161 cm³/mol. The Bertz CT molecular complexity index is 1880. The Balaban J connectivity index is 1.35. The fraction of sp³-hybridized carbons (Fsp3) is 0.172. The highest BCUT2D eigenvalue weighted by Gasteiger charge is 2.57. The summed E-state index contributed by atoms with van der Waals surface area (Å²) in [4.78, 5) is 56.0. The number of carbonyl (C=O) groups is 3. The van der Waals surface area contributed by atoms with Crippen LogP contribution in [0.4, 0.5) is 24.5 Å². The first-order valence-electron chi connectivity index (χ1n) is 12.8. The van der Waals surface area contributed by atoms with E-state index in [2.05, 4.69) is 10.3 Å². The zero-order valence-corrected chi connectivity index (χ0v) is 25.1. The molecule has 0 saturated carbocycles. The molecule has 0 spiro atoms. The van der Waals surface area contributed by atoms with Crippen molar-refractivity contribution in [3.63, 3.8) is 0 Å². The molecule has 6 rings (SSSR count). The van der Waals surface area contributed by atoms with E-state index in [0.717, 1.165) is 35.2 Å². The number of hydrogen-bond acceptors (Lipinski definition) is 7. The van der Waals surface area contributed by atoms with Gasteiger partial charge in [-0.15, -0.1) is 0 Å². The first-order valence-corrected chi connectivity index (χ1v) is 15.3. The number of H-pyrrole nitrogens is 1. The third-order valence-corrected chi connectivity index (χ3v) is 10.2. The second-order valence-electron chi connectivity index (χ2n) is 9.78. The maximum Gasteiger partial charge on any atom is 0.418 e. The number of aromatic nitrogens is 1. The summed E-state index contributed by atoms with van der Waals surface area (Å²) < 4.78 is 47.6. The molecule has 3 heterocycles. The molecule has 2 N–H and O–H groups in total. The van der Waals surface area contributed by atoms with Crippen molar-refractivity contribution in [2.75, 3.05) is 16.8 Å². The van der Waals surface area contributed by atoms with Crippen LogP contribution in [0.15, 0.2) is 76.6 Å². The summed E-state index contributed by atoms with van der Waals surface area (Å²) in [6.07, 6.45) is -4.82. The molecule has 1 fully saturated rings. The molecule has 8 nitrogen and oxygen atoms in total. The molecule has 226 valence electrons. The number of aromatic amines is 1. The lowest BCUT2D eigenvalue weighted by Crippen LogP contribution is -2.33. The van der Waals surface area contributed by atoms with E-state index in [1.165, 1.54) is 24.3 Å². The molecule has 3 amide bonds. The van der Waals surface area contributed by atoms with Crippen LogP contribution in [0.3, 0.4) is 0 Å². The number of thioether (sulfide) groups is 1. The van der Waals surface area contributed by atoms with Crippen molar-refractivity contribution in [2.45, 2.75) is 22.4 Å². The highest BCUT2D eigenvalue weighted by atomic mass is 35.5. The Morgan fingerprint density at radius 1 is 0.977 bits per heavy atom. The number of hydrogen-bond donors (Lipinski definition) is 2. The van der Waals surface area contributed by atoms with Gasteiger partial charge in [-0.05, 0) is 36.4 Å². The summed E-state index contributed by atoms with van der Waals surface area (Å²) in [6, 6.07) is 15.4. The second kappa shape index (κ2) is 11.6. The first-order chi connectivity index (χ1) is 20.9. The average molecular weight is 681 g/mol. The number of fused-ring (bicyclic) bond motifs is 2. The van der Waals surface area contributed by atoms with Gasteiger partial charge in [0.2, 0.25) is 11.8 Å². The molecule has 3 atom stereocenters. The van der Waals surface area contributed by atoms with Crippen LogP contribution in [0.25, 0.3) is 0 Å². The van der Waals surface area contributed by atoms with Gasteiger partial charge in [0.25, 0.3) is 5.91 Å². The third-order valence-electron chi connectivity index (χ3n) is 7.09. The number of nitrogens with one attached hydrogen (secondary N) is 2. The van der Waals surface area contributed by atoms with Crippen molar-refractivity contribution < 1.29 is 32.3 Å². The number of nitrogens with zero attached hydrogens (tertiary/aromatic N) is 1. The Hall–Kier alpha value is -3.78. The molecule has 4 aromatic rings. The monoisotopic (exact) mass is 679 g/mol. The number of imide groups is 1. The number of para-hydroxylation sites is 2. The lowest BCUT2D eigenvalue weighted by molar-refractivity contribution is -0.137. The molecule has 2 aliphatic rings. The molecule has 1 saturated heterocycles. The smallest absolute Gasteiger partial charge is 0.418 e. The van der Waals surface area contributed by atoms with Crippen molar-refractivity contribution in [3.8, 4) is 5.75 Å². The molecule has 2 aliphatic heterocycles. The lowest BCUT2D eigenvalue weighted by Gasteiger charge is -2.30. The van der Waals surface area contributed by atoms with Gasteiger partial charge in [0.05, 0.1) is 32.2 Å². The van der Waals surface area contributed by atoms with Crippen LogP contribution in [-0.2, 0) is 20.6 Å². The van der Waals surface area contributed by atoms with Crippen LogP contribution in [0.1, 0.15) is 21.9 Å². The van der Waals surface area contributed by atoms with Crippen LogP contribution in [-0.4, -0.2) is 34.6 Å². The van der Waals surface area contributed by atoms with Gasteiger partial charge in [-0.2, -0.15) is 13.2 Å². The van der Waals surface area contributed by atoms with Gasteiger partial charge in [0.1, 0.15) is 11.0 Å². The molecule has 3 aromatic carbocycles. The summed E-state index contributed by atoms with van der Waals surface area (Å²) >= 11 is 13.7. The topological polar surface area (TPSA) is 109 Å². The summed E-state index contributed by atoms with van der Waals surface area (Å²) in [5.74, 6) is -4.12. The molecule has 0 aliphatic carbocycles. The van der Waals surface area contributed by atoms with Crippen LogP contribution < -0.4 is 19.8 Å². The number of alkyl halides is 3. The largest absolute Gasteiger partial charge is 0.483 e. The minimum absolute atomic E-state index is 0.189. The molecular weight excluding hydrogens is 662 g/mol. The molecule has 0 unspecified atom stereocenters. The number of benzene rings is 3. The summed E-state index contributed by atoms with van der Waals surface area (Å²) in [7, 11) is 0. The third kappa shape index (κ3) is 5.49. The number of thiazole rings is 1. The van der Waals surface area contributed by atoms with E-state index < -0.39 is 63.7 Å². The van der Waals surface area contributed by atoms with E-state index in [-0.39, 0.29) is 10.8 Å². The zero-order chi connectivity index (χ0) is 31.3. The van der Waals surface area contributed by atoms with Gasteiger partial charge >= 0.3 is 11.0 Å². The van der Waals surface area contributed by atoms with Crippen LogP contribution >= 0.6 is 46.3 Å². The van der Waals surface area contributed by atoms with E-state index in [9.17, 15) is 32.3 Å². The van der Waals surface area contributed by atoms with Gasteiger partial charge < -0.3 is 15.0 Å². The summed E-state index contributed by atoms with van der Waals surface area (Å²) in [5.41, 5.74) is -0.927. The molecule has 15 heteroatoms. The lowest BCUT2D eigenvalue weighted by atomic mass is 9.82. The summed E-state index contributed by atoms with van der Waals surface area (Å²) in [5, 5.41) is 2.40. The molecular formula is C29H18Cl2F3N3O5S2. The number of rotatable bonds is 6. The van der Waals surface area contributed by atoms with Gasteiger partial charge in [-0.3, -0.25) is 19.2 Å². The normalized spacial score (nSPS) is 19.5. The number of halogens is 5. The summed E-state index contributed by atoms with van der Waals surface area (Å²) in [6.45, 7) is -0.457. The van der Waals surface area contributed by atoms with Gasteiger partial charge in [-0.25, -0.2) is 4.90 Å². The van der Waals surface area contributed by atoms with Gasteiger partial charge in [-0.1, -0.05) is 76.6 Å². The van der Waals surface area contributed by atoms with Crippen molar-refractivity contribution in [1.82, 2.24) is 4.98 Å². The van der Waals surface area contributed by atoms with Gasteiger partial charge in [0, 0.05) is 22.0 Å². The Morgan fingerprint density at radius 2 is 1.70 bits per heavy atom. The Kier molecular flexibility index (Phi) is 7.99. The predicted octanol–water partition coefficient (Wildman–Crippen LogP) is 6.58. The van der Waals surface area contributed by atoms with Crippen LogP contribution in [0, 0.1) is 5.92 Å². The minimum atomic E-state index is -4.82. The number of anilines is 2. The van der Waals surface area contributed by atoms with Crippen LogP contribution in [0.2, 0.25) is 10.0 Å². The highest BCUT2D eigenvalue weighted by Crippen LogP contribution is 2.55. The second-order valence-corrected chi connectivity index (χ2v) is 12.8. The molecule has 1 aromatic heterocycles. The van der Waals surface area contributed by atoms with E-state index in [1.54, 1.807) is 30.3 Å². The molecule has 44 heavy (non-hydrogen) atoms. The Labute approximate surface area is 265 Å². The number of carbonyl (C=O) groups excluding carboxylic acids is 3. The fourth-order valence-electron chi connectivity index (χ4n) is 5.28. The Morgan fingerprint density at radius 3 is 2.45 bits per heavy atom. The highest BCUT2D eigenvalue weighted by molar-refractivity contribution is 8.00. The maximum absolute atomic E-state index is 14.0. The fourth-order valence-corrected chi connectivity index (χ4v) is 8.09. The zero-order valence-electron chi connectivity index (χ0n) is 22.0. The first kappa shape index (κ1) is 30.3.